The summed E-state index contributed by atoms with van der Waals surface area (Å²) in [4.78, 5) is 58.5. The van der Waals surface area contributed by atoms with Gasteiger partial charge >= 0.3 is 11.9 Å². The SMILES string of the molecule is CC(C)CC(N)C(=O)NC(CS)C(=O)NC(CS)C(=O)NC(CC(=O)O)C(=O)O. The van der Waals surface area contributed by atoms with Crippen molar-refractivity contribution in [2.45, 2.75) is 50.9 Å². The molecule has 4 atom stereocenters. The van der Waals surface area contributed by atoms with Crippen LogP contribution in [0.15, 0.2) is 0 Å². The van der Waals surface area contributed by atoms with E-state index in [-0.39, 0.29) is 17.4 Å². The second-order valence-electron chi connectivity index (χ2n) is 6.72. The zero-order valence-electron chi connectivity index (χ0n) is 16.1. The molecule has 0 aliphatic rings. The molecule has 7 N–H and O–H groups in total. The van der Waals surface area contributed by atoms with Crippen LogP contribution in [0.3, 0.4) is 0 Å². The third-order valence-corrected chi connectivity index (χ3v) is 4.42. The predicted octanol–water partition coefficient (Wildman–Crippen LogP) is -1.77. The third kappa shape index (κ3) is 10.4. The van der Waals surface area contributed by atoms with Gasteiger partial charge in [-0.3, -0.25) is 19.2 Å². The van der Waals surface area contributed by atoms with Crippen LogP contribution in [0.5, 0.6) is 0 Å². The van der Waals surface area contributed by atoms with Crippen molar-refractivity contribution >= 4 is 54.9 Å². The van der Waals surface area contributed by atoms with Crippen molar-refractivity contribution < 1.29 is 34.2 Å². The van der Waals surface area contributed by atoms with Crippen molar-refractivity contribution in [3.8, 4) is 0 Å². The van der Waals surface area contributed by atoms with Crippen molar-refractivity contribution in [1.82, 2.24) is 16.0 Å². The number of amides is 3. The Morgan fingerprint density at radius 1 is 0.828 bits per heavy atom. The van der Waals surface area contributed by atoms with Gasteiger partial charge in [0.2, 0.25) is 17.7 Å². The topological polar surface area (TPSA) is 188 Å². The van der Waals surface area contributed by atoms with Gasteiger partial charge in [0, 0.05) is 11.5 Å². The molecule has 0 aromatic heterocycles. The lowest BCUT2D eigenvalue weighted by Crippen LogP contribution is -2.58. The van der Waals surface area contributed by atoms with E-state index >= 15 is 0 Å². The highest BCUT2D eigenvalue weighted by Gasteiger charge is 2.30. The number of rotatable bonds is 13. The first-order valence-corrected chi connectivity index (χ1v) is 10.0. The first-order valence-electron chi connectivity index (χ1n) is 8.75. The van der Waals surface area contributed by atoms with Crippen LogP contribution in [0, 0.1) is 5.92 Å². The number of carboxylic acids is 2. The van der Waals surface area contributed by atoms with E-state index in [9.17, 15) is 24.0 Å². The minimum Gasteiger partial charge on any atom is -0.481 e. The highest BCUT2D eigenvalue weighted by Crippen LogP contribution is 2.04. The predicted molar refractivity (Wildman–Crippen MR) is 111 cm³/mol. The number of carbonyl (C=O) groups excluding carboxylic acids is 3. The van der Waals surface area contributed by atoms with Crippen LogP contribution in [0.4, 0.5) is 0 Å². The van der Waals surface area contributed by atoms with Gasteiger partial charge in [0.1, 0.15) is 18.1 Å². The maximum atomic E-state index is 12.4. The molecule has 0 radical (unpaired) electrons. The molecule has 4 unspecified atom stereocenters. The molecule has 0 spiro atoms. The Hall–Kier alpha value is -1.99. The van der Waals surface area contributed by atoms with Crippen LogP contribution in [0.25, 0.3) is 0 Å². The first kappa shape index (κ1) is 27.0. The molecule has 11 nitrogen and oxygen atoms in total. The van der Waals surface area contributed by atoms with Crippen LogP contribution in [0.2, 0.25) is 0 Å². The number of aliphatic carboxylic acids is 2. The van der Waals surface area contributed by atoms with Gasteiger partial charge in [-0.1, -0.05) is 13.8 Å². The number of nitrogens with one attached hydrogen (secondary N) is 3. The normalized spacial score (nSPS) is 15.0. The smallest absolute Gasteiger partial charge is 0.326 e. The van der Waals surface area contributed by atoms with Crippen molar-refractivity contribution in [2.24, 2.45) is 11.7 Å². The first-order chi connectivity index (χ1) is 13.4. The van der Waals surface area contributed by atoms with Crippen LogP contribution >= 0.6 is 25.3 Å². The Bertz CT molecular complexity index is 618. The fourth-order valence-electron chi connectivity index (χ4n) is 2.20. The Morgan fingerprint density at radius 3 is 1.59 bits per heavy atom. The zero-order valence-corrected chi connectivity index (χ0v) is 17.9. The number of thiol groups is 2. The summed E-state index contributed by atoms with van der Waals surface area (Å²) in [7, 11) is 0. The second-order valence-corrected chi connectivity index (χ2v) is 7.45. The van der Waals surface area contributed by atoms with Crippen molar-refractivity contribution in [3.63, 3.8) is 0 Å². The molecule has 0 aromatic rings. The van der Waals surface area contributed by atoms with Gasteiger partial charge in [-0.25, -0.2) is 4.79 Å². The molecule has 0 rings (SSSR count). The van der Waals surface area contributed by atoms with Gasteiger partial charge in [-0.05, 0) is 12.3 Å². The van der Waals surface area contributed by atoms with E-state index in [4.69, 9.17) is 15.9 Å². The molecule has 0 bridgehead atoms. The number of carboxylic acid groups (broad SMARTS) is 2. The molecule has 29 heavy (non-hydrogen) atoms. The van der Waals surface area contributed by atoms with Gasteiger partial charge in [0.25, 0.3) is 0 Å². The molecular formula is C16H28N4O7S2. The van der Waals surface area contributed by atoms with E-state index in [2.05, 4.69) is 35.9 Å². The van der Waals surface area contributed by atoms with E-state index in [1.165, 1.54) is 0 Å². The summed E-state index contributed by atoms with van der Waals surface area (Å²) in [6.07, 6.45) is -0.425. The summed E-state index contributed by atoms with van der Waals surface area (Å²) in [5.41, 5.74) is 5.77. The molecule has 0 aliphatic heterocycles. The standard InChI is InChI=1S/C16H28N4O7S2/c1-7(2)3-8(17)13(23)19-10(5-28)15(25)20-11(6-29)14(24)18-9(16(26)27)4-12(21)22/h7-11,28-29H,3-6,17H2,1-2H3,(H,18,24)(H,19,23)(H,20,25)(H,21,22)(H,26,27). The number of hydrogen-bond acceptors (Lipinski definition) is 8. The summed E-state index contributed by atoms with van der Waals surface area (Å²) in [6, 6.07) is -4.84. The van der Waals surface area contributed by atoms with Crippen molar-refractivity contribution in [1.29, 1.82) is 0 Å². The Kier molecular flexibility index (Phi) is 12.4. The monoisotopic (exact) mass is 452 g/mol. The summed E-state index contributed by atoms with van der Waals surface area (Å²) in [5.74, 6) is -5.28. The highest BCUT2D eigenvalue weighted by atomic mass is 32.1. The summed E-state index contributed by atoms with van der Waals surface area (Å²) in [6.45, 7) is 3.78. The zero-order chi connectivity index (χ0) is 22.7. The lowest BCUT2D eigenvalue weighted by molar-refractivity contribution is -0.147. The molecule has 3 amide bonds. The van der Waals surface area contributed by atoms with E-state index in [0.29, 0.717) is 6.42 Å². The van der Waals surface area contributed by atoms with E-state index < -0.39 is 60.2 Å². The molecular weight excluding hydrogens is 424 g/mol. The lowest BCUT2D eigenvalue weighted by atomic mass is 10.0. The highest BCUT2D eigenvalue weighted by molar-refractivity contribution is 7.80. The van der Waals surface area contributed by atoms with Crippen molar-refractivity contribution in [2.75, 3.05) is 11.5 Å². The lowest BCUT2D eigenvalue weighted by Gasteiger charge is -2.23. The quantitative estimate of drug-likeness (QED) is 0.151. The fraction of sp³-hybridized carbons (Fsp3) is 0.688. The summed E-state index contributed by atoms with van der Waals surface area (Å²) < 4.78 is 0. The van der Waals surface area contributed by atoms with Gasteiger partial charge in [0.05, 0.1) is 12.5 Å². The van der Waals surface area contributed by atoms with Crippen LogP contribution in [0.1, 0.15) is 26.7 Å². The average molecular weight is 453 g/mol. The molecule has 0 fully saturated rings. The molecule has 0 saturated carbocycles. The molecule has 0 saturated heterocycles. The fourth-order valence-corrected chi connectivity index (χ4v) is 2.72. The number of carbonyl (C=O) groups is 5. The summed E-state index contributed by atoms with van der Waals surface area (Å²) >= 11 is 7.96. The van der Waals surface area contributed by atoms with Crippen LogP contribution in [-0.2, 0) is 24.0 Å². The third-order valence-electron chi connectivity index (χ3n) is 3.69. The molecule has 0 aromatic carbocycles. The van der Waals surface area contributed by atoms with Crippen molar-refractivity contribution in [3.05, 3.63) is 0 Å². The maximum Gasteiger partial charge on any atom is 0.326 e. The molecule has 13 heteroatoms. The minimum atomic E-state index is -1.67. The molecule has 166 valence electrons. The largest absolute Gasteiger partial charge is 0.481 e. The van der Waals surface area contributed by atoms with Gasteiger partial charge in [-0.15, -0.1) is 0 Å². The maximum absolute atomic E-state index is 12.4. The Balaban J connectivity index is 5.00. The van der Waals surface area contributed by atoms with E-state index in [0.717, 1.165) is 0 Å². The van der Waals surface area contributed by atoms with Crippen LogP contribution < -0.4 is 21.7 Å². The number of nitrogens with two attached hydrogens (primary N) is 1. The van der Waals surface area contributed by atoms with E-state index in [1.807, 2.05) is 19.2 Å². The average Bonchev–Trinajstić information content (AvgIpc) is 2.61. The van der Waals surface area contributed by atoms with Crippen LogP contribution in [-0.4, -0.2) is 75.5 Å². The molecule has 0 heterocycles. The van der Waals surface area contributed by atoms with E-state index in [1.54, 1.807) is 0 Å². The minimum absolute atomic E-state index is 0.0797. The Morgan fingerprint density at radius 2 is 1.24 bits per heavy atom. The molecule has 0 aliphatic carbocycles. The van der Waals surface area contributed by atoms with Gasteiger partial charge in [0.15, 0.2) is 0 Å². The van der Waals surface area contributed by atoms with Gasteiger partial charge < -0.3 is 31.9 Å². The number of hydrogen-bond donors (Lipinski definition) is 8. The Labute approximate surface area is 179 Å². The second kappa shape index (κ2) is 13.3. The summed E-state index contributed by atoms with van der Waals surface area (Å²) in [5, 5.41) is 24.5. The van der Waals surface area contributed by atoms with Gasteiger partial charge in [-0.2, -0.15) is 25.3 Å².